The Bertz CT molecular complexity index is 2710. The van der Waals surface area contributed by atoms with E-state index in [1.165, 1.54) is 11.1 Å². The molecular weight excluding hydrogens is 731 g/mol. The molecule has 0 radical (unpaired) electrons. The predicted octanol–water partition coefficient (Wildman–Crippen LogP) is 7.98. The highest BCUT2D eigenvalue weighted by atomic mass is 16.5. The smallest absolute Gasteiger partial charge is 0.257 e. The fourth-order valence-corrected chi connectivity index (χ4v) is 8.46. The lowest BCUT2D eigenvalue weighted by Crippen LogP contribution is -2.44. The lowest BCUT2D eigenvalue weighted by Gasteiger charge is -2.34. The first kappa shape index (κ1) is 35.4. The number of carbonyl (C=O) groups is 2. The molecule has 2 atom stereocenters. The Morgan fingerprint density at radius 3 is 1.64 bits per heavy atom. The zero-order chi connectivity index (χ0) is 39.3. The summed E-state index contributed by atoms with van der Waals surface area (Å²) in [5, 5.41) is 0.929. The second-order valence-corrected chi connectivity index (χ2v) is 14.9. The Morgan fingerprint density at radius 1 is 0.586 bits per heavy atom. The van der Waals surface area contributed by atoms with E-state index in [1.54, 1.807) is 38.5 Å². The number of aliphatic imine (C=N–C) groups is 2. The predicted molar refractivity (Wildman–Crippen MR) is 220 cm³/mol. The van der Waals surface area contributed by atoms with Gasteiger partial charge >= 0.3 is 0 Å². The van der Waals surface area contributed by atoms with Gasteiger partial charge in [0.05, 0.1) is 60.0 Å². The number of nitrogens with zero attached hydrogens (tertiary/aromatic N) is 5. The summed E-state index contributed by atoms with van der Waals surface area (Å²) in [7, 11) is 3.13. The van der Waals surface area contributed by atoms with Crippen LogP contribution in [-0.2, 0) is 39.1 Å². The number of rotatable bonds is 8. The van der Waals surface area contributed by atoms with Crippen LogP contribution in [0.2, 0.25) is 0 Å². The van der Waals surface area contributed by atoms with Gasteiger partial charge in [-0.3, -0.25) is 19.6 Å². The molecule has 10 rings (SSSR count). The van der Waals surface area contributed by atoms with Crippen LogP contribution in [0.4, 0.5) is 11.4 Å². The summed E-state index contributed by atoms with van der Waals surface area (Å²) in [4.78, 5) is 46.0. The van der Waals surface area contributed by atoms with Gasteiger partial charge in [0.25, 0.3) is 11.8 Å². The highest BCUT2D eigenvalue weighted by molar-refractivity contribution is 6.04. The molecule has 288 valence electrons. The van der Waals surface area contributed by atoms with Crippen LogP contribution < -0.4 is 18.9 Å². The lowest BCUT2D eigenvalue weighted by molar-refractivity contribution is 0.0696. The first-order chi connectivity index (χ1) is 28.4. The van der Waals surface area contributed by atoms with E-state index >= 15 is 0 Å². The number of aromatic nitrogens is 1. The molecule has 5 aromatic carbocycles. The third-order valence-electron chi connectivity index (χ3n) is 11.5. The van der Waals surface area contributed by atoms with Crippen molar-refractivity contribution >= 4 is 46.5 Å². The Balaban J connectivity index is 0.902. The van der Waals surface area contributed by atoms with Gasteiger partial charge < -0.3 is 28.7 Å². The van der Waals surface area contributed by atoms with Gasteiger partial charge in [-0.15, -0.1) is 0 Å². The highest BCUT2D eigenvalue weighted by Crippen LogP contribution is 2.41. The van der Waals surface area contributed by atoms with Crippen LogP contribution in [0.25, 0.3) is 10.9 Å². The summed E-state index contributed by atoms with van der Waals surface area (Å²) in [6, 6.07) is 33.0. The Labute approximate surface area is 335 Å². The van der Waals surface area contributed by atoms with Gasteiger partial charge in [0.15, 0.2) is 23.0 Å². The average Bonchev–Trinajstić information content (AvgIpc) is 3.48. The molecule has 11 nitrogen and oxygen atoms in total. The Morgan fingerprint density at radius 2 is 1.09 bits per heavy atom. The van der Waals surface area contributed by atoms with Crippen molar-refractivity contribution in [3.63, 3.8) is 0 Å². The Kier molecular flexibility index (Phi) is 8.85. The SMILES string of the molecule is COc1cc2c(cc1OCc1cc(COc3cc4c(cc3OC)C(=O)N3Cc5ccccc5C[C@H]3C=N4)c3ccccc3n1)N=C[C@@H]1Cc3ccccc3CN1C2=O. The maximum Gasteiger partial charge on any atom is 0.257 e. The van der Waals surface area contributed by atoms with Gasteiger partial charge in [0.2, 0.25) is 0 Å². The van der Waals surface area contributed by atoms with Crippen LogP contribution in [-0.4, -0.2) is 65.3 Å². The number of methoxy groups -OCH3 is 2. The zero-order valence-electron chi connectivity index (χ0n) is 32.1. The number of fused-ring (bicyclic) bond motifs is 7. The van der Waals surface area contributed by atoms with Crippen LogP contribution in [0.3, 0.4) is 0 Å². The van der Waals surface area contributed by atoms with E-state index < -0.39 is 0 Å². The number of carbonyl (C=O) groups excluding carboxylic acids is 2. The number of benzene rings is 5. The average molecular weight is 770 g/mol. The lowest BCUT2D eigenvalue weighted by atomic mass is 9.94. The molecule has 0 fully saturated rings. The van der Waals surface area contributed by atoms with Crippen molar-refractivity contribution in [3.8, 4) is 23.0 Å². The van der Waals surface area contributed by atoms with Gasteiger partial charge in [-0.25, -0.2) is 4.98 Å². The van der Waals surface area contributed by atoms with E-state index in [4.69, 9.17) is 33.9 Å². The Hall–Kier alpha value is -7.01. The molecule has 4 aliphatic rings. The van der Waals surface area contributed by atoms with E-state index in [-0.39, 0.29) is 37.1 Å². The molecule has 0 unspecified atom stereocenters. The molecule has 58 heavy (non-hydrogen) atoms. The largest absolute Gasteiger partial charge is 0.493 e. The first-order valence-electron chi connectivity index (χ1n) is 19.3. The van der Waals surface area contributed by atoms with Crippen molar-refractivity contribution in [1.29, 1.82) is 0 Å². The number of para-hydroxylation sites is 1. The number of amides is 2. The second kappa shape index (κ2) is 14.5. The molecule has 6 aromatic rings. The summed E-state index contributed by atoms with van der Waals surface area (Å²) < 4.78 is 24.4. The molecule has 0 aliphatic carbocycles. The number of ether oxygens (including phenoxy) is 4. The first-order valence-corrected chi connectivity index (χ1v) is 19.3. The number of hydrogen-bond donors (Lipinski definition) is 0. The molecule has 11 heteroatoms. The topological polar surface area (TPSA) is 115 Å². The summed E-state index contributed by atoms with van der Waals surface area (Å²) in [6.45, 7) is 1.35. The number of hydrogen-bond acceptors (Lipinski definition) is 9. The fourth-order valence-electron chi connectivity index (χ4n) is 8.46. The van der Waals surface area contributed by atoms with E-state index in [1.807, 2.05) is 76.8 Å². The molecule has 2 amide bonds. The van der Waals surface area contributed by atoms with Crippen LogP contribution in [0.5, 0.6) is 23.0 Å². The van der Waals surface area contributed by atoms with Crippen LogP contribution in [0.15, 0.2) is 113 Å². The second-order valence-electron chi connectivity index (χ2n) is 14.9. The zero-order valence-corrected chi connectivity index (χ0v) is 32.1. The summed E-state index contributed by atoms with van der Waals surface area (Å²) in [6.07, 6.45) is 5.15. The van der Waals surface area contributed by atoms with Crippen molar-refractivity contribution in [3.05, 3.63) is 148 Å². The van der Waals surface area contributed by atoms with Gasteiger partial charge in [0, 0.05) is 48.6 Å². The summed E-state index contributed by atoms with van der Waals surface area (Å²) >= 11 is 0. The number of pyridine rings is 1. The van der Waals surface area contributed by atoms with Crippen molar-refractivity contribution < 1.29 is 28.5 Å². The summed E-state index contributed by atoms with van der Waals surface area (Å²) in [5.41, 5.74) is 9.11. The quantitative estimate of drug-likeness (QED) is 0.154. The van der Waals surface area contributed by atoms with E-state index in [2.05, 4.69) is 24.3 Å². The minimum atomic E-state index is -0.144. The highest BCUT2D eigenvalue weighted by Gasteiger charge is 2.35. The van der Waals surface area contributed by atoms with E-state index in [9.17, 15) is 9.59 Å². The van der Waals surface area contributed by atoms with Gasteiger partial charge in [-0.1, -0.05) is 66.7 Å². The normalized spacial score (nSPS) is 17.6. The van der Waals surface area contributed by atoms with Crippen LogP contribution in [0.1, 0.15) is 54.2 Å². The molecule has 0 N–H and O–H groups in total. The van der Waals surface area contributed by atoms with Crippen molar-refractivity contribution in [2.75, 3.05) is 14.2 Å². The van der Waals surface area contributed by atoms with E-state index in [0.717, 1.165) is 27.6 Å². The van der Waals surface area contributed by atoms with Gasteiger partial charge in [0.1, 0.15) is 13.2 Å². The van der Waals surface area contributed by atoms with Gasteiger partial charge in [-0.2, -0.15) is 0 Å². The minimum Gasteiger partial charge on any atom is -0.493 e. The third-order valence-corrected chi connectivity index (χ3v) is 11.5. The van der Waals surface area contributed by atoms with Crippen LogP contribution in [0, 0.1) is 0 Å². The van der Waals surface area contributed by atoms with E-state index in [0.29, 0.717) is 77.1 Å². The maximum absolute atomic E-state index is 13.9. The standard InChI is InChI=1S/C47H39N5O6/c1-55-42-18-37-40(48-22-34-16-28-9-3-5-11-30(28)24-51(34)46(37)53)20-44(42)57-26-32-15-33(50-39-14-8-7-13-36(32)39)27-58-45-21-41-38(19-43(45)56-2)47(54)52-25-31-12-6-4-10-29(31)17-35(52)23-49-41/h3-15,18-23,34-35H,16-17,24-27H2,1-2H3/t34-,35-/m0/s1. The minimum absolute atomic E-state index is 0.0899. The third kappa shape index (κ3) is 6.28. The summed E-state index contributed by atoms with van der Waals surface area (Å²) in [5.74, 6) is 1.61. The monoisotopic (exact) mass is 769 g/mol. The maximum atomic E-state index is 13.9. The molecule has 1 aromatic heterocycles. The molecular formula is C47H39N5O6. The van der Waals surface area contributed by atoms with Crippen molar-refractivity contribution in [1.82, 2.24) is 14.8 Å². The molecule has 0 bridgehead atoms. The van der Waals surface area contributed by atoms with Crippen molar-refractivity contribution in [2.45, 2.75) is 51.2 Å². The molecule has 5 heterocycles. The molecule has 0 saturated heterocycles. The van der Waals surface area contributed by atoms with Crippen LogP contribution >= 0.6 is 0 Å². The van der Waals surface area contributed by atoms with Crippen molar-refractivity contribution in [2.24, 2.45) is 9.98 Å². The molecule has 0 spiro atoms. The fraction of sp³-hybridized carbons (Fsp3) is 0.213. The molecule has 4 aliphatic heterocycles. The molecule has 0 saturated carbocycles. The van der Waals surface area contributed by atoms with Gasteiger partial charge in [-0.05, 0) is 59.4 Å².